The molecule has 2 aromatic carbocycles. The number of carboxylic acids is 2. The van der Waals surface area contributed by atoms with Gasteiger partial charge in [-0.25, -0.2) is 28.1 Å². The van der Waals surface area contributed by atoms with Crippen molar-refractivity contribution in [1.29, 1.82) is 0 Å². The number of benzene rings is 2. The van der Waals surface area contributed by atoms with Gasteiger partial charge in [0.2, 0.25) is 11.8 Å². The fourth-order valence-corrected chi connectivity index (χ4v) is 6.13. The number of carbonyl (C=O) groups is 5. The van der Waals surface area contributed by atoms with Gasteiger partial charge < -0.3 is 45.6 Å². The van der Waals surface area contributed by atoms with E-state index in [4.69, 9.17) is 25.2 Å². The molecule has 0 bridgehead atoms. The molecule has 3 aliphatic rings. The number of nitrogens with zero attached hydrogens (tertiary/aromatic N) is 4. The van der Waals surface area contributed by atoms with E-state index in [1.54, 1.807) is 17.0 Å². The molecule has 7 N–H and O–H groups in total. The van der Waals surface area contributed by atoms with Gasteiger partial charge >= 0.3 is 18.0 Å². The van der Waals surface area contributed by atoms with Gasteiger partial charge in [0.15, 0.2) is 12.2 Å². The van der Waals surface area contributed by atoms with Crippen molar-refractivity contribution < 1.29 is 57.9 Å². The normalized spacial score (nSPS) is 18.0. The zero-order chi connectivity index (χ0) is 40.6. The van der Waals surface area contributed by atoms with Gasteiger partial charge in [0, 0.05) is 69.3 Å². The molecule has 3 fully saturated rings. The number of aliphatic hydroxyl groups excluding tert-OH is 2. The Bertz CT molecular complexity index is 1880. The fourth-order valence-electron chi connectivity index (χ4n) is 6.13. The number of amides is 4. The summed E-state index contributed by atoms with van der Waals surface area (Å²) in [4.78, 5) is 69.2. The number of rotatable bonds is 11. The molecule has 6 rings (SSSR count). The Morgan fingerprint density at radius 1 is 0.786 bits per heavy atom. The number of hydrogen-bond donors (Lipinski definition) is 7. The molecule has 2 aliphatic heterocycles. The van der Waals surface area contributed by atoms with E-state index >= 15 is 4.39 Å². The van der Waals surface area contributed by atoms with Gasteiger partial charge in [-0.05, 0) is 75.2 Å². The van der Waals surface area contributed by atoms with E-state index in [9.17, 15) is 28.4 Å². The van der Waals surface area contributed by atoms with Crippen molar-refractivity contribution in [3.63, 3.8) is 0 Å². The summed E-state index contributed by atoms with van der Waals surface area (Å²) < 4.78 is 34.0. The monoisotopic (exact) mass is 783 g/mol. The molecule has 2 saturated heterocycles. The molecule has 19 heteroatoms. The lowest BCUT2D eigenvalue weighted by Crippen LogP contribution is -2.53. The van der Waals surface area contributed by atoms with E-state index in [0.717, 1.165) is 45.1 Å². The van der Waals surface area contributed by atoms with Crippen LogP contribution in [0.3, 0.4) is 0 Å². The number of hydrogen-bond acceptors (Lipinski definition) is 11. The zero-order valence-corrected chi connectivity index (χ0v) is 30.4. The molecule has 56 heavy (non-hydrogen) atoms. The maximum Gasteiger partial charge on any atom is 0.335 e. The molecule has 1 saturated carbocycles. The van der Waals surface area contributed by atoms with Crippen LogP contribution in [0.1, 0.15) is 25.7 Å². The Morgan fingerprint density at radius 3 is 1.95 bits per heavy atom. The first-order valence-electron chi connectivity index (χ1n) is 17.8. The van der Waals surface area contributed by atoms with Gasteiger partial charge in [-0.1, -0.05) is 0 Å². The number of piperazine rings is 1. The second kappa shape index (κ2) is 18.2. The van der Waals surface area contributed by atoms with E-state index in [-0.39, 0.29) is 17.5 Å². The minimum Gasteiger partial charge on any atom is -0.479 e. The summed E-state index contributed by atoms with van der Waals surface area (Å²) in [6, 6.07) is 12.6. The van der Waals surface area contributed by atoms with E-state index in [1.165, 1.54) is 42.6 Å². The number of urea groups is 1. The summed E-state index contributed by atoms with van der Waals surface area (Å²) in [5.41, 5.74) is -1.07. The molecule has 3 aromatic rings. The first-order chi connectivity index (χ1) is 26.6. The molecule has 2 unspecified atom stereocenters. The maximum atomic E-state index is 15.0. The fraction of sp³-hybridized carbons (Fsp3) is 0.405. The summed E-state index contributed by atoms with van der Waals surface area (Å²) in [5.74, 6) is -5.08. The molecule has 0 radical (unpaired) electrons. The number of aliphatic carboxylic acids is 2. The molecule has 0 spiro atoms. The van der Waals surface area contributed by atoms with Gasteiger partial charge in [-0.3, -0.25) is 19.8 Å². The molecular formula is C37H43F2N7O10. The number of nitrogens with one attached hydrogen (secondary N) is 3. The number of aromatic nitrogens is 1. The van der Waals surface area contributed by atoms with Crippen LogP contribution in [0.15, 0.2) is 60.8 Å². The maximum absolute atomic E-state index is 15.0. The SMILES string of the molecule is CN1CCN(C2CCN(C(=O)Nc3cc(Oc4ccc(NC(=O)C5(C(=O)Nc6ccc(F)cc6)CC5)c(F)c4)ccn3)CC2)CC1.O=C(O)C(O)C(O)C(=O)O. The Hall–Kier alpha value is -5.76. The summed E-state index contributed by atoms with van der Waals surface area (Å²) in [6.07, 6.45) is -0.564. The molecule has 4 amide bonds. The van der Waals surface area contributed by atoms with Gasteiger partial charge in [0.05, 0.1) is 5.69 Å². The number of pyridine rings is 1. The predicted octanol–water partition coefficient (Wildman–Crippen LogP) is 2.63. The summed E-state index contributed by atoms with van der Waals surface area (Å²) in [7, 11) is 2.14. The van der Waals surface area contributed by atoms with Crippen LogP contribution in [0.2, 0.25) is 0 Å². The van der Waals surface area contributed by atoms with E-state index in [0.29, 0.717) is 49.2 Å². The van der Waals surface area contributed by atoms with Crippen molar-refractivity contribution in [1.82, 2.24) is 19.7 Å². The standard InChI is InChI=1S/C33H37F2N7O4.C4H6O6/c1-40-16-18-41(19-17-40)24-9-14-42(15-10-24)32(45)39-29-21-26(8-13-36-29)46-25-6-7-28(27(35)20-25)38-31(44)33(11-12-33)30(43)37-23-4-2-22(34)3-5-23;5-1(3(7)8)2(6)4(9)10/h2-8,13,20-21,24H,9-12,14-19H2,1H3,(H,37,43)(H,38,44)(H,36,39,45);1-2,5-6H,(H,7,8)(H,9,10). The van der Waals surface area contributed by atoms with Gasteiger partial charge in [-0.15, -0.1) is 0 Å². The number of likely N-dealkylation sites (tertiary alicyclic amines) is 1. The Kier molecular flexibility index (Phi) is 13.5. The highest BCUT2D eigenvalue weighted by Crippen LogP contribution is 2.47. The van der Waals surface area contributed by atoms with Crippen LogP contribution in [-0.4, -0.2) is 134 Å². The summed E-state index contributed by atoms with van der Waals surface area (Å²) >= 11 is 0. The van der Waals surface area contributed by atoms with Crippen LogP contribution in [0.5, 0.6) is 11.5 Å². The van der Waals surface area contributed by atoms with Crippen molar-refractivity contribution in [2.75, 3.05) is 62.3 Å². The van der Waals surface area contributed by atoms with Crippen molar-refractivity contribution in [3.05, 3.63) is 72.4 Å². The smallest absolute Gasteiger partial charge is 0.335 e. The third-order valence-corrected chi connectivity index (χ3v) is 9.72. The number of carboxylic acid groups (broad SMARTS) is 2. The zero-order valence-electron chi connectivity index (χ0n) is 30.4. The number of piperidine rings is 1. The molecule has 300 valence electrons. The Labute approximate surface area is 319 Å². The van der Waals surface area contributed by atoms with Gasteiger partial charge in [0.25, 0.3) is 0 Å². The van der Waals surface area contributed by atoms with Crippen LogP contribution in [-0.2, 0) is 19.2 Å². The topological polar surface area (TPSA) is 234 Å². The number of carbonyl (C=O) groups excluding carboxylic acids is 3. The minimum atomic E-state index is -2.27. The lowest BCUT2D eigenvalue weighted by atomic mass is 10.0. The third-order valence-electron chi connectivity index (χ3n) is 9.72. The number of aliphatic hydroxyl groups is 2. The number of likely N-dealkylation sites (N-methyl/N-ethyl adjacent to an activating group) is 1. The minimum absolute atomic E-state index is 0.0997. The van der Waals surface area contributed by atoms with Crippen LogP contribution in [0.4, 0.5) is 30.8 Å². The third kappa shape index (κ3) is 10.7. The van der Waals surface area contributed by atoms with E-state index in [2.05, 4.69) is 37.8 Å². The highest BCUT2D eigenvalue weighted by molar-refractivity contribution is 6.17. The molecule has 1 aliphatic carbocycles. The van der Waals surface area contributed by atoms with Crippen LogP contribution < -0.4 is 20.7 Å². The quantitative estimate of drug-likeness (QED) is 0.139. The molecule has 17 nitrogen and oxygen atoms in total. The van der Waals surface area contributed by atoms with Crippen molar-refractivity contribution >= 4 is 47.0 Å². The number of anilines is 3. The molecule has 1 aromatic heterocycles. The predicted molar refractivity (Wildman–Crippen MR) is 196 cm³/mol. The number of ether oxygens (including phenoxy) is 1. The van der Waals surface area contributed by atoms with Crippen molar-refractivity contribution in [2.45, 2.75) is 43.9 Å². The lowest BCUT2D eigenvalue weighted by Gasteiger charge is -2.42. The van der Waals surface area contributed by atoms with Gasteiger partial charge in [0.1, 0.15) is 34.4 Å². The molecular weight excluding hydrogens is 740 g/mol. The Balaban J connectivity index is 0.000000530. The second-order valence-corrected chi connectivity index (χ2v) is 13.7. The van der Waals surface area contributed by atoms with Crippen LogP contribution in [0, 0.1) is 17.0 Å². The largest absolute Gasteiger partial charge is 0.479 e. The Morgan fingerprint density at radius 2 is 1.38 bits per heavy atom. The highest BCUT2D eigenvalue weighted by atomic mass is 19.1. The summed E-state index contributed by atoms with van der Waals surface area (Å²) in [6.45, 7) is 5.60. The average molecular weight is 784 g/mol. The van der Waals surface area contributed by atoms with E-state index < -0.39 is 53.0 Å². The average Bonchev–Trinajstić information content (AvgIpc) is 4.00. The molecule has 3 heterocycles. The first-order valence-corrected chi connectivity index (χ1v) is 17.8. The van der Waals surface area contributed by atoms with Crippen molar-refractivity contribution in [2.24, 2.45) is 5.41 Å². The second-order valence-electron chi connectivity index (χ2n) is 13.7. The first kappa shape index (κ1) is 41.4. The summed E-state index contributed by atoms with van der Waals surface area (Å²) in [5, 5.41) is 40.5. The van der Waals surface area contributed by atoms with Crippen molar-refractivity contribution in [3.8, 4) is 11.5 Å². The molecule has 2 atom stereocenters. The van der Waals surface area contributed by atoms with Crippen LogP contribution >= 0.6 is 0 Å². The van der Waals surface area contributed by atoms with Crippen LogP contribution in [0.25, 0.3) is 0 Å². The van der Waals surface area contributed by atoms with Gasteiger partial charge in [-0.2, -0.15) is 0 Å². The highest BCUT2D eigenvalue weighted by Gasteiger charge is 2.56. The number of halogens is 2. The lowest BCUT2D eigenvalue weighted by molar-refractivity contribution is -0.165. The van der Waals surface area contributed by atoms with E-state index in [1.807, 2.05) is 0 Å².